The van der Waals surface area contributed by atoms with Crippen molar-refractivity contribution in [2.45, 2.75) is 18.2 Å². The van der Waals surface area contributed by atoms with Crippen LogP contribution in [0.2, 0.25) is 0 Å². The van der Waals surface area contributed by atoms with E-state index in [0.717, 1.165) is 10.0 Å². The number of fused-ring (bicyclic) bond motifs is 1. The average molecular weight is 408 g/mol. The summed E-state index contributed by atoms with van der Waals surface area (Å²) in [6.45, 7) is 0. The van der Waals surface area contributed by atoms with E-state index in [9.17, 15) is 9.59 Å². The maximum atomic E-state index is 12.7. The molecule has 2 atom stereocenters. The standard InChI is InChI=1S/C19H24N2O8/c1-24-14-9-11-12(15(25-2)16(14)26-3)10-19(29-6)8-7-13(11)20(17(22)27-4)21(19)18(23)28-5/h7-9,13H,10H2,1-6H3/t13-,19-/m1/s1. The van der Waals surface area contributed by atoms with Crippen molar-refractivity contribution in [1.29, 1.82) is 0 Å². The van der Waals surface area contributed by atoms with Crippen LogP contribution >= 0.6 is 0 Å². The first-order valence-corrected chi connectivity index (χ1v) is 8.74. The van der Waals surface area contributed by atoms with Gasteiger partial charge in [-0.05, 0) is 17.7 Å². The van der Waals surface area contributed by atoms with Crippen LogP contribution in [0.1, 0.15) is 17.2 Å². The van der Waals surface area contributed by atoms with Gasteiger partial charge in [0.2, 0.25) is 5.75 Å². The number of hydrogen-bond donors (Lipinski definition) is 0. The van der Waals surface area contributed by atoms with Crippen molar-refractivity contribution in [2.75, 3.05) is 42.7 Å². The summed E-state index contributed by atoms with van der Waals surface area (Å²) >= 11 is 0. The fourth-order valence-electron chi connectivity index (χ4n) is 3.85. The molecule has 2 heterocycles. The Morgan fingerprint density at radius 1 is 0.966 bits per heavy atom. The van der Waals surface area contributed by atoms with Crippen LogP contribution in [0.3, 0.4) is 0 Å². The number of carbonyl (C=O) groups excluding carboxylic acids is 2. The number of methoxy groups -OCH3 is 6. The second kappa shape index (κ2) is 7.70. The Morgan fingerprint density at radius 3 is 2.14 bits per heavy atom. The number of benzene rings is 1. The molecule has 0 spiro atoms. The van der Waals surface area contributed by atoms with E-state index in [1.807, 2.05) is 0 Å². The van der Waals surface area contributed by atoms with Gasteiger partial charge in [-0.1, -0.05) is 6.08 Å². The maximum absolute atomic E-state index is 12.7. The molecule has 29 heavy (non-hydrogen) atoms. The molecule has 10 nitrogen and oxygen atoms in total. The third-order valence-electron chi connectivity index (χ3n) is 5.16. The molecule has 0 N–H and O–H groups in total. The normalized spacial score (nSPS) is 21.9. The molecule has 0 unspecified atom stereocenters. The Morgan fingerprint density at radius 2 is 1.62 bits per heavy atom. The first-order chi connectivity index (χ1) is 13.9. The third kappa shape index (κ3) is 2.91. The molecule has 0 radical (unpaired) electrons. The van der Waals surface area contributed by atoms with Gasteiger partial charge in [-0.3, -0.25) is 0 Å². The van der Waals surface area contributed by atoms with Crippen molar-refractivity contribution in [2.24, 2.45) is 0 Å². The molecule has 0 aromatic heterocycles. The zero-order chi connectivity index (χ0) is 21.3. The predicted molar refractivity (Wildman–Crippen MR) is 99.9 cm³/mol. The second-order valence-corrected chi connectivity index (χ2v) is 6.34. The third-order valence-corrected chi connectivity index (χ3v) is 5.16. The number of nitrogens with zero attached hydrogens (tertiary/aromatic N) is 2. The lowest BCUT2D eigenvalue weighted by Gasteiger charge is -2.47. The van der Waals surface area contributed by atoms with Gasteiger partial charge in [0, 0.05) is 19.1 Å². The van der Waals surface area contributed by atoms with Gasteiger partial charge in [0.25, 0.3) is 0 Å². The maximum Gasteiger partial charge on any atom is 0.431 e. The van der Waals surface area contributed by atoms with Crippen LogP contribution in [-0.4, -0.2) is 70.6 Å². The van der Waals surface area contributed by atoms with Crippen molar-refractivity contribution < 1.29 is 38.0 Å². The summed E-state index contributed by atoms with van der Waals surface area (Å²) in [4.78, 5) is 25.4. The number of ether oxygens (including phenoxy) is 6. The molecule has 10 heteroatoms. The highest BCUT2D eigenvalue weighted by Gasteiger charge is 2.54. The SMILES string of the molecule is COC(=O)N1[C@@H]2C=C[C@@](OC)(Cc3c2cc(OC)c(OC)c3OC)N1C(=O)OC. The summed E-state index contributed by atoms with van der Waals surface area (Å²) in [6.07, 6.45) is 2.10. The van der Waals surface area contributed by atoms with E-state index in [1.54, 1.807) is 18.2 Å². The van der Waals surface area contributed by atoms with Crippen LogP contribution in [0.15, 0.2) is 18.2 Å². The minimum absolute atomic E-state index is 0.165. The highest BCUT2D eigenvalue weighted by molar-refractivity contribution is 5.77. The van der Waals surface area contributed by atoms with Crippen molar-refractivity contribution in [3.05, 3.63) is 29.3 Å². The molecule has 1 aliphatic carbocycles. The van der Waals surface area contributed by atoms with Crippen LogP contribution in [0.25, 0.3) is 0 Å². The lowest BCUT2D eigenvalue weighted by Crippen LogP contribution is -2.63. The fraction of sp³-hybridized carbons (Fsp3) is 0.474. The van der Waals surface area contributed by atoms with Gasteiger partial charge >= 0.3 is 12.2 Å². The fourth-order valence-corrected chi connectivity index (χ4v) is 3.85. The van der Waals surface area contributed by atoms with Gasteiger partial charge in [0.05, 0.1) is 35.5 Å². The van der Waals surface area contributed by atoms with Gasteiger partial charge < -0.3 is 28.4 Å². The van der Waals surface area contributed by atoms with E-state index in [0.29, 0.717) is 28.4 Å². The highest BCUT2D eigenvalue weighted by atomic mass is 16.6. The Kier molecular flexibility index (Phi) is 5.47. The van der Waals surface area contributed by atoms with E-state index < -0.39 is 24.0 Å². The van der Waals surface area contributed by atoms with Gasteiger partial charge in [0.15, 0.2) is 17.2 Å². The van der Waals surface area contributed by atoms with Gasteiger partial charge in [-0.2, -0.15) is 10.0 Å². The molecule has 3 aliphatic rings. The average Bonchev–Trinajstić information content (AvgIpc) is 2.99. The Balaban J connectivity index is 2.35. The summed E-state index contributed by atoms with van der Waals surface area (Å²) < 4.78 is 32.2. The molecule has 0 saturated heterocycles. The summed E-state index contributed by atoms with van der Waals surface area (Å²) in [5.41, 5.74) is 0.0180. The van der Waals surface area contributed by atoms with Crippen molar-refractivity contribution in [3.8, 4) is 17.2 Å². The second-order valence-electron chi connectivity index (χ2n) is 6.34. The molecular formula is C19H24N2O8. The number of hydrazine groups is 1. The lowest BCUT2D eigenvalue weighted by atomic mass is 9.96. The van der Waals surface area contributed by atoms with E-state index >= 15 is 0 Å². The van der Waals surface area contributed by atoms with Crippen molar-refractivity contribution in [1.82, 2.24) is 10.0 Å². The Hall–Kier alpha value is -3.14. The summed E-state index contributed by atoms with van der Waals surface area (Å²) in [5, 5.41) is 2.27. The molecule has 2 amide bonds. The summed E-state index contributed by atoms with van der Waals surface area (Å²) in [7, 11) is 8.41. The highest BCUT2D eigenvalue weighted by Crippen LogP contribution is 2.51. The van der Waals surface area contributed by atoms with Crippen LogP contribution in [0.4, 0.5) is 9.59 Å². The van der Waals surface area contributed by atoms with Crippen molar-refractivity contribution >= 4 is 12.2 Å². The minimum Gasteiger partial charge on any atom is -0.493 e. The smallest absolute Gasteiger partial charge is 0.431 e. The van der Waals surface area contributed by atoms with Crippen LogP contribution in [-0.2, 0) is 20.6 Å². The van der Waals surface area contributed by atoms with E-state index in [4.69, 9.17) is 28.4 Å². The van der Waals surface area contributed by atoms with E-state index in [-0.39, 0.29) is 6.42 Å². The zero-order valence-corrected chi connectivity index (χ0v) is 17.2. The molecule has 4 rings (SSSR count). The minimum atomic E-state index is -1.35. The van der Waals surface area contributed by atoms with Gasteiger partial charge in [-0.25, -0.2) is 9.59 Å². The molecular weight excluding hydrogens is 384 g/mol. The van der Waals surface area contributed by atoms with Gasteiger partial charge in [0.1, 0.15) is 6.04 Å². The lowest BCUT2D eigenvalue weighted by molar-refractivity contribution is -0.178. The summed E-state index contributed by atoms with van der Waals surface area (Å²) in [5.74, 6) is 1.24. The van der Waals surface area contributed by atoms with Crippen molar-refractivity contribution in [3.63, 3.8) is 0 Å². The Labute approximate surface area is 168 Å². The first kappa shape index (κ1) is 20.6. The molecule has 2 bridgehead atoms. The number of amides is 2. The first-order valence-electron chi connectivity index (χ1n) is 8.74. The molecule has 0 fully saturated rings. The number of hydrogen-bond acceptors (Lipinski definition) is 8. The number of rotatable bonds is 4. The monoisotopic (exact) mass is 408 g/mol. The summed E-state index contributed by atoms with van der Waals surface area (Å²) in [6, 6.07) is 1.05. The van der Waals surface area contributed by atoms with E-state index in [1.165, 1.54) is 42.7 Å². The van der Waals surface area contributed by atoms with Gasteiger partial charge in [-0.15, -0.1) is 0 Å². The topological polar surface area (TPSA) is 96.0 Å². The zero-order valence-electron chi connectivity index (χ0n) is 17.2. The predicted octanol–water partition coefficient (Wildman–Crippen LogP) is 2.27. The molecule has 1 aromatic carbocycles. The molecule has 0 saturated carbocycles. The largest absolute Gasteiger partial charge is 0.493 e. The molecule has 1 aromatic rings. The Bertz CT molecular complexity index is 855. The molecule has 2 aliphatic heterocycles. The quantitative estimate of drug-likeness (QED) is 0.700. The van der Waals surface area contributed by atoms with Crippen LogP contribution in [0, 0.1) is 0 Å². The van der Waals surface area contributed by atoms with Crippen LogP contribution in [0.5, 0.6) is 17.2 Å². The molecule has 158 valence electrons. The van der Waals surface area contributed by atoms with Crippen LogP contribution < -0.4 is 14.2 Å². The van der Waals surface area contributed by atoms with E-state index in [2.05, 4.69) is 0 Å². The number of carbonyl (C=O) groups is 2.